The molecule has 24 valence electrons. The number of rotatable bonds is 0. The van der Waals surface area contributed by atoms with Crippen molar-refractivity contribution in [1.29, 1.82) is 0 Å². The summed E-state index contributed by atoms with van der Waals surface area (Å²) in [4.78, 5) is 9.35. The molecule has 0 bridgehead atoms. The zero-order valence-corrected chi connectivity index (χ0v) is 4.82. The number of carboxylic acid groups (broad SMARTS) is 1. The number of aliphatic carboxylic acids is 1. The van der Waals surface area contributed by atoms with E-state index in [4.69, 9.17) is 4.11 Å². The molecule has 0 aliphatic carbocycles. The first-order chi connectivity index (χ1) is 2.94. The quantitative estimate of drug-likeness (QED) is 0.279. The maximum atomic E-state index is 9.35. The molecule has 0 amide bonds. The van der Waals surface area contributed by atoms with Gasteiger partial charge in [0.2, 0.25) is 0 Å². The summed E-state index contributed by atoms with van der Waals surface area (Å²) in [6, 6.07) is 0. The molecule has 3 heteroatoms. The summed E-state index contributed by atoms with van der Waals surface area (Å²) in [6.07, 6.45) is 0. The topological polar surface area (TPSA) is 40.1 Å². The smallest absolute Gasteiger partial charge is 0.550 e. The van der Waals surface area contributed by atoms with Gasteiger partial charge in [-0.05, 0) is 6.85 Å². The van der Waals surface area contributed by atoms with Crippen LogP contribution in [0.2, 0.25) is 0 Å². The molecule has 0 aromatic rings. The first kappa shape index (κ1) is 2.61. The predicted octanol–water partition coefficient (Wildman–Crippen LogP) is -4.24. The van der Waals surface area contributed by atoms with E-state index in [0.717, 1.165) is 0 Å². The van der Waals surface area contributed by atoms with Gasteiger partial charge < -0.3 is 9.90 Å². The van der Waals surface area contributed by atoms with Gasteiger partial charge in [0.05, 0.1) is 0 Å². The second-order valence-electron chi connectivity index (χ2n) is 0.287. The zero-order chi connectivity index (χ0) is 6.08. The van der Waals surface area contributed by atoms with E-state index >= 15 is 0 Å². The van der Waals surface area contributed by atoms with Crippen molar-refractivity contribution < 1.29 is 43.6 Å². The molecule has 0 aromatic heterocycles. The summed E-state index contributed by atoms with van der Waals surface area (Å²) in [5.41, 5.74) is 0. The Morgan fingerprint density at radius 3 is 2.40 bits per heavy atom. The first-order valence-electron chi connectivity index (χ1n) is 2.16. The monoisotopic (exact) mass is 85.0 g/mol. The van der Waals surface area contributed by atoms with Crippen molar-refractivity contribution in [2.75, 3.05) is 0 Å². The van der Waals surface area contributed by atoms with E-state index in [2.05, 4.69) is 0 Å². The maximum absolute atomic E-state index is 9.35. The van der Waals surface area contributed by atoms with Crippen LogP contribution >= 0.6 is 0 Å². The third-order valence-electron chi connectivity index (χ3n) is 0. The van der Waals surface area contributed by atoms with Gasteiger partial charge in [-0.15, -0.1) is 0 Å². The number of carbonyl (C=O) groups is 1. The van der Waals surface area contributed by atoms with Gasteiger partial charge in [-0.1, -0.05) is 0 Å². The molecule has 0 rings (SSSR count). The summed E-state index contributed by atoms with van der Waals surface area (Å²) >= 11 is 0. The van der Waals surface area contributed by atoms with Crippen molar-refractivity contribution in [2.45, 2.75) is 6.85 Å². The van der Waals surface area contributed by atoms with E-state index in [1.807, 2.05) is 0 Å². The molecule has 2 nitrogen and oxygen atoms in total. The minimum absolute atomic E-state index is 0. The summed E-state index contributed by atoms with van der Waals surface area (Å²) in [6.45, 7) is -2.94. The molecule has 0 saturated carbocycles. The molecule has 0 heterocycles. The average molecular weight is 85.1 g/mol. The Morgan fingerprint density at radius 1 is 2.20 bits per heavy atom. The SMILES string of the molecule is [2H]C([2H])([2H])C(=O)[O-].[Na+]. The van der Waals surface area contributed by atoms with Crippen molar-refractivity contribution >= 4 is 5.97 Å². The molecule has 0 unspecified atom stereocenters. The number of hydrogen-bond donors (Lipinski definition) is 0. The van der Waals surface area contributed by atoms with Crippen LogP contribution in [0, 0.1) is 0 Å². The molecule has 0 spiro atoms. The number of carboxylic acids is 1. The summed E-state index contributed by atoms with van der Waals surface area (Å²) in [5.74, 6) is -2.01. The fourth-order valence-corrected chi connectivity index (χ4v) is 0. The van der Waals surface area contributed by atoms with Crippen molar-refractivity contribution in [3.05, 3.63) is 0 Å². The van der Waals surface area contributed by atoms with E-state index in [0.29, 0.717) is 0 Å². The summed E-state index contributed by atoms with van der Waals surface area (Å²) in [7, 11) is 0. The van der Waals surface area contributed by atoms with Gasteiger partial charge in [0.1, 0.15) is 0 Å². The standard InChI is InChI=1S/C2H4O2.Na/c1-2(3)4;/h1H3,(H,3,4);/q;+1/p-1/i1D3;. The van der Waals surface area contributed by atoms with E-state index in [1.54, 1.807) is 0 Å². The minimum Gasteiger partial charge on any atom is -0.550 e. The Bertz CT molecular complexity index is 87.8. The molecular weight excluding hydrogens is 79.0 g/mol. The normalized spacial score (nSPS) is 16.4. The fourth-order valence-electron chi connectivity index (χ4n) is 0. The van der Waals surface area contributed by atoms with Crippen molar-refractivity contribution in [2.24, 2.45) is 0 Å². The third kappa shape index (κ3) is 123. The van der Waals surface area contributed by atoms with Crippen LogP contribution < -0.4 is 34.7 Å². The Labute approximate surface area is 56.7 Å². The van der Waals surface area contributed by atoms with E-state index in [-0.39, 0.29) is 29.6 Å². The summed E-state index contributed by atoms with van der Waals surface area (Å²) < 4.78 is 18.2. The molecule has 0 atom stereocenters. The average Bonchev–Trinajstić information content (AvgIpc) is 1.31. The second kappa shape index (κ2) is 4.47. The van der Waals surface area contributed by atoms with Gasteiger partial charge in [0, 0.05) is 10.1 Å². The van der Waals surface area contributed by atoms with Gasteiger partial charge >= 0.3 is 29.6 Å². The largest absolute Gasteiger partial charge is 1.00 e. The Balaban J connectivity index is 0. The molecule has 5 heavy (non-hydrogen) atoms. The van der Waals surface area contributed by atoms with Gasteiger partial charge in [-0.3, -0.25) is 0 Å². The van der Waals surface area contributed by atoms with Crippen LogP contribution in [0.3, 0.4) is 0 Å². The van der Waals surface area contributed by atoms with Gasteiger partial charge in [-0.2, -0.15) is 0 Å². The maximum Gasteiger partial charge on any atom is 1.00 e. The molecule has 0 aliphatic heterocycles. The van der Waals surface area contributed by atoms with Crippen molar-refractivity contribution in [3.8, 4) is 0 Å². The molecule has 0 N–H and O–H groups in total. The van der Waals surface area contributed by atoms with Crippen LogP contribution in [0.5, 0.6) is 0 Å². The molecule has 0 saturated heterocycles. The van der Waals surface area contributed by atoms with Crippen LogP contribution in [0.25, 0.3) is 0 Å². The van der Waals surface area contributed by atoms with Crippen LogP contribution in [-0.2, 0) is 4.79 Å². The Hall–Kier alpha value is 0.470. The zero-order valence-electron chi connectivity index (χ0n) is 5.82. The molecule has 0 fully saturated rings. The number of carbonyl (C=O) groups excluding carboxylic acids is 1. The Kier molecular flexibility index (Phi) is 2.33. The van der Waals surface area contributed by atoms with E-state index in [1.165, 1.54) is 0 Å². The predicted molar refractivity (Wildman–Crippen MR) is 10.7 cm³/mol. The molecule has 0 aromatic carbocycles. The fraction of sp³-hybridized carbons (Fsp3) is 0.500. The van der Waals surface area contributed by atoms with Crippen LogP contribution in [0.4, 0.5) is 0 Å². The van der Waals surface area contributed by atoms with Crippen LogP contribution in [-0.4, -0.2) is 5.97 Å². The van der Waals surface area contributed by atoms with E-state index in [9.17, 15) is 9.90 Å². The molecular formula is C2H3NaO2. The van der Waals surface area contributed by atoms with Crippen molar-refractivity contribution in [3.63, 3.8) is 0 Å². The third-order valence-corrected chi connectivity index (χ3v) is 0. The van der Waals surface area contributed by atoms with Gasteiger partial charge in [-0.25, -0.2) is 0 Å². The number of hydrogen-bond acceptors (Lipinski definition) is 2. The van der Waals surface area contributed by atoms with Gasteiger partial charge in [0.25, 0.3) is 0 Å². The Morgan fingerprint density at radius 2 is 2.40 bits per heavy atom. The second-order valence-corrected chi connectivity index (χ2v) is 0.287. The van der Waals surface area contributed by atoms with Gasteiger partial charge in [0.15, 0.2) is 0 Å². The van der Waals surface area contributed by atoms with Crippen LogP contribution in [0.15, 0.2) is 0 Å². The van der Waals surface area contributed by atoms with Crippen molar-refractivity contribution in [1.82, 2.24) is 0 Å². The first-order valence-corrected chi connectivity index (χ1v) is 0.658. The minimum atomic E-state index is -2.94. The summed E-state index contributed by atoms with van der Waals surface area (Å²) in [5, 5.41) is 9.35. The molecule has 0 radical (unpaired) electrons. The van der Waals surface area contributed by atoms with E-state index < -0.39 is 12.8 Å². The molecule has 0 aliphatic rings. The van der Waals surface area contributed by atoms with Crippen LogP contribution in [0.1, 0.15) is 11.0 Å².